The van der Waals surface area contributed by atoms with Gasteiger partial charge in [0.25, 0.3) is 0 Å². The summed E-state index contributed by atoms with van der Waals surface area (Å²) in [6, 6.07) is 0. The van der Waals surface area contributed by atoms with Gasteiger partial charge in [0.2, 0.25) is 0 Å². The lowest BCUT2D eigenvalue weighted by Crippen LogP contribution is -2.36. The summed E-state index contributed by atoms with van der Waals surface area (Å²) in [7, 11) is -1.04. The zero-order valence-corrected chi connectivity index (χ0v) is 6.13. The van der Waals surface area contributed by atoms with Crippen LogP contribution in [-0.2, 0) is 0 Å². The summed E-state index contributed by atoms with van der Waals surface area (Å²) in [5.74, 6) is 0. The predicted octanol–water partition coefficient (Wildman–Crippen LogP) is 0.507. The molecule has 55 valence electrons. The van der Waals surface area contributed by atoms with E-state index < -0.39 is 11.0 Å². The minimum Gasteiger partial charge on any atom is -0.271 e. The van der Waals surface area contributed by atoms with Crippen LogP contribution in [0.1, 0.15) is 6.42 Å². The van der Waals surface area contributed by atoms with E-state index in [2.05, 4.69) is 4.72 Å². The van der Waals surface area contributed by atoms with E-state index in [-0.39, 0.29) is 0 Å². The SMILES string of the molecule is CN1CCC[N]S1(O)O. The van der Waals surface area contributed by atoms with Crippen molar-refractivity contribution in [2.45, 2.75) is 6.42 Å². The molecule has 0 aromatic rings. The van der Waals surface area contributed by atoms with E-state index in [4.69, 9.17) is 9.11 Å². The Morgan fingerprint density at radius 3 is 2.56 bits per heavy atom. The minimum absolute atomic E-state index is 0.576. The first kappa shape index (κ1) is 7.30. The topological polar surface area (TPSA) is 57.8 Å². The number of rotatable bonds is 0. The molecule has 2 N–H and O–H groups in total. The zero-order chi connectivity index (χ0) is 6.91. The molecule has 1 aliphatic rings. The van der Waals surface area contributed by atoms with Crippen LogP contribution in [0.5, 0.6) is 0 Å². The van der Waals surface area contributed by atoms with Gasteiger partial charge in [-0.1, -0.05) is 11.0 Å². The van der Waals surface area contributed by atoms with Crippen molar-refractivity contribution in [1.82, 2.24) is 9.03 Å². The predicted molar refractivity (Wildman–Crippen MR) is 37.1 cm³/mol. The molecule has 0 aromatic heterocycles. The second-order valence-corrected chi connectivity index (χ2v) is 3.91. The highest BCUT2D eigenvalue weighted by Gasteiger charge is 2.23. The standard InChI is InChI=1S/C4H11N2O2S/c1-6-4-2-3-5-9(6,7)8/h7-8H,2-4H2,1H3. The average molecular weight is 151 g/mol. The Bertz CT molecular complexity index is 109. The molecule has 0 saturated carbocycles. The van der Waals surface area contributed by atoms with Crippen molar-refractivity contribution in [1.29, 1.82) is 0 Å². The Hall–Kier alpha value is 0.190. The molecule has 1 rings (SSSR count). The van der Waals surface area contributed by atoms with E-state index in [1.54, 1.807) is 7.05 Å². The second kappa shape index (κ2) is 2.43. The fourth-order valence-electron chi connectivity index (χ4n) is 0.701. The van der Waals surface area contributed by atoms with E-state index >= 15 is 0 Å². The average Bonchev–Trinajstić information content (AvgIpc) is 1.77. The Kier molecular flexibility index (Phi) is 1.97. The highest BCUT2D eigenvalue weighted by Crippen LogP contribution is 2.40. The largest absolute Gasteiger partial charge is 0.271 e. The van der Waals surface area contributed by atoms with Crippen molar-refractivity contribution >= 4 is 11.0 Å². The maximum atomic E-state index is 9.04. The molecule has 0 aliphatic carbocycles. The van der Waals surface area contributed by atoms with Gasteiger partial charge in [0.1, 0.15) is 0 Å². The normalized spacial score (nSPS) is 31.9. The maximum absolute atomic E-state index is 9.04. The molecular formula is C4H11N2O2S. The van der Waals surface area contributed by atoms with Crippen LogP contribution in [-0.4, -0.2) is 33.5 Å². The first-order valence-electron chi connectivity index (χ1n) is 2.81. The van der Waals surface area contributed by atoms with Gasteiger partial charge in [-0.15, -0.1) is 4.72 Å². The van der Waals surface area contributed by atoms with Gasteiger partial charge in [-0.2, -0.15) is 4.31 Å². The molecular weight excluding hydrogens is 140 g/mol. The first-order chi connectivity index (χ1) is 4.13. The summed E-state index contributed by atoms with van der Waals surface area (Å²) in [5, 5.41) is 0. The van der Waals surface area contributed by atoms with Crippen LogP contribution in [0, 0.1) is 0 Å². The van der Waals surface area contributed by atoms with Crippen LogP contribution >= 0.6 is 11.0 Å². The lowest BCUT2D eigenvalue weighted by Gasteiger charge is -2.42. The molecule has 1 heterocycles. The van der Waals surface area contributed by atoms with Crippen LogP contribution < -0.4 is 4.72 Å². The monoisotopic (exact) mass is 151 g/mol. The van der Waals surface area contributed by atoms with Gasteiger partial charge in [-0.3, -0.25) is 9.11 Å². The Morgan fingerprint density at radius 1 is 1.56 bits per heavy atom. The zero-order valence-electron chi connectivity index (χ0n) is 5.32. The van der Waals surface area contributed by atoms with Gasteiger partial charge < -0.3 is 0 Å². The molecule has 0 aromatic carbocycles. The van der Waals surface area contributed by atoms with Crippen LogP contribution in [0.2, 0.25) is 0 Å². The van der Waals surface area contributed by atoms with Crippen LogP contribution in [0.15, 0.2) is 0 Å². The summed E-state index contributed by atoms with van der Waals surface area (Å²) in [6.07, 6.45) is 0.923. The van der Waals surface area contributed by atoms with Crippen molar-refractivity contribution in [3.63, 3.8) is 0 Å². The van der Waals surface area contributed by atoms with Crippen LogP contribution in [0.25, 0.3) is 0 Å². The summed E-state index contributed by atoms with van der Waals surface area (Å²) in [5.41, 5.74) is 0. The van der Waals surface area contributed by atoms with E-state index in [9.17, 15) is 0 Å². The van der Waals surface area contributed by atoms with Crippen molar-refractivity contribution in [2.24, 2.45) is 0 Å². The van der Waals surface area contributed by atoms with Gasteiger partial charge in [-0.25, -0.2) is 0 Å². The lowest BCUT2D eigenvalue weighted by molar-refractivity contribution is 0.342. The quantitative estimate of drug-likeness (QED) is 0.530. The fourth-order valence-corrected chi connectivity index (χ4v) is 1.65. The molecule has 0 spiro atoms. The highest BCUT2D eigenvalue weighted by molar-refractivity contribution is 8.20. The van der Waals surface area contributed by atoms with Gasteiger partial charge >= 0.3 is 0 Å². The van der Waals surface area contributed by atoms with E-state index in [0.717, 1.165) is 13.0 Å². The van der Waals surface area contributed by atoms with Crippen molar-refractivity contribution in [3.8, 4) is 0 Å². The van der Waals surface area contributed by atoms with Crippen molar-refractivity contribution in [2.75, 3.05) is 20.1 Å². The van der Waals surface area contributed by atoms with E-state index in [1.165, 1.54) is 4.31 Å². The minimum atomic E-state index is -2.70. The Morgan fingerprint density at radius 2 is 2.22 bits per heavy atom. The molecule has 1 aliphatic heterocycles. The molecule has 0 bridgehead atoms. The molecule has 4 nitrogen and oxygen atoms in total. The molecule has 1 fully saturated rings. The van der Waals surface area contributed by atoms with Gasteiger partial charge in [-0.05, 0) is 6.42 Å². The van der Waals surface area contributed by atoms with Gasteiger partial charge in [0, 0.05) is 20.1 Å². The Balaban J connectivity index is 2.49. The van der Waals surface area contributed by atoms with Crippen LogP contribution in [0.4, 0.5) is 0 Å². The third kappa shape index (κ3) is 1.56. The molecule has 9 heavy (non-hydrogen) atoms. The number of hydrogen-bond acceptors (Lipinski definition) is 3. The van der Waals surface area contributed by atoms with Crippen LogP contribution in [0.3, 0.4) is 0 Å². The molecule has 1 saturated heterocycles. The van der Waals surface area contributed by atoms with Gasteiger partial charge in [0.15, 0.2) is 0 Å². The summed E-state index contributed by atoms with van der Waals surface area (Å²) >= 11 is 0. The molecule has 0 atom stereocenters. The third-order valence-electron chi connectivity index (χ3n) is 1.31. The second-order valence-electron chi connectivity index (χ2n) is 2.05. The third-order valence-corrected chi connectivity index (χ3v) is 2.86. The number of hydrogen-bond donors (Lipinski definition) is 2. The highest BCUT2D eigenvalue weighted by atomic mass is 32.3. The summed E-state index contributed by atoms with van der Waals surface area (Å²) < 4.78 is 23.2. The van der Waals surface area contributed by atoms with Crippen molar-refractivity contribution < 1.29 is 9.11 Å². The molecule has 5 heteroatoms. The summed E-state index contributed by atoms with van der Waals surface area (Å²) in [4.78, 5) is 0. The summed E-state index contributed by atoms with van der Waals surface area (Å²) in [6.45, 7) is 1.30. The fraction of sp³-hybridized carbons (Fsp3) is 1.00. The number of nitrogens with zero attached hydrogens (tertiary/aromatic N) is 2. The molecule has 0 unspecified atom stereocenters. The van der Waals surface area contributed by atoms with E-state index in [0.29, 0.717) is 6.54 Å². The maximum Gasteiger partial charge on any atom is 0.0382 e. The smallest absolute Gasteiger partial charge is 0.0382 e. The van der Waals surface area contributed by atoms with Gasteiger partial charge in [0.05, 0.1) is 0 Å². The first-order valence-corrected chi connectivity index (χ1v) is 4.27. The lowest BCUT2D eigenvalue weighted by atomic mass is 10.4. The Labute approximate surface area is 56.5 Å². The molecule has 1 radical (unpaired) electrons. The molecule has 0 amide bonds. The van der Waals surface area contributed by atoms with E-state index in [1.807, 2.05) is 0 Å². The van der Waals surface area contributed by atoms with Crippen molar-refractivity contribution in [3.05, 3.63) is 0 Å².